The van der Waals surface area contributed by atoms with Crippen LogP contribution < -0.4 is 10.6 Å². The highest BCUT2D eigenvalue weighted by Gasteiger charge is 2.22. The Bertz CT molecular complexity index is 1370. The number of aliphatic hydroxyl groups is 1. The van der Waals surface area contributed by atoms with Crippen molar-refractivity contribution in [1.82, 2.24) is 25.1 Å². The number of piperazine rings is 1. The van der Waals surface area contributed by atoms with Gasteiger partial charge < -0.3 is 10.4 Å². The lowest BCUT2D eigenvalue weighted by atomic mass is 10.0. The van der Waals surface area contributed by atoms with E-state index in [2.05, 4.69) is 36.5 Å². The Morgan fingerprint density at radius 1 is 1.11 bits per heavy atom. The van der Waals surface area contributed by atoms with Crippen molar-refractivity contribution in [3.8, 4) is 21.7 Å². The third-order valence-electron chi connectivity index (χ3n) is 6.29. The number of aliphatic hydroxyl groups excluding tert-OH is 1. The normalized spacial score (nSPS) is 14.8. The number of pyridine rings is 1. The minimum atomic E-state index is -0.402. The maximum atomic E-state index is 15.9. The Kier molecular flexibility index (Phi) is 8.06. The third kappa shape index (κ3) is 5.81. The molecule has 1 saturated heterocycles. The molecule has 3 aromatic heterocycles. The van der Waals surface area contributed by atoms with E-state index in [1.807, 2.05) is 37.3 Å². The smallest absolute Gasteiger partial charge is 0.321 e. The predicted molar refractivity (Wildman–Crippen MR) is 148 cm³/mol. The average molecular weight is 541 g/mol. The van der Waals surface area contributed by atoms with Gasteiger partial charge in [-0.25, -0.2) is 14.2 Å². The van der Waals surface area contributed by atoms with Crippen LogP contribution in [0, 0.1) is 5.82 Å². The number of amides is 2. The van der Waals surface area contributed by atoms with Gasteiger partial charge in [-0.05, 0) is 37.3 Å². The number of rotatable bonds is 8. The second-order valence-corrected chi connectivity index (χ2v) is 11.0. The van der Waals surface area contributed by atoms with Crippen molar-refractivity contribution in [3.63, 3.8) is 0 Å². The number of nitrogens with one attached hydrogen (secondary N) is 2. The molecule has 0 saturated carbocycles. The van der Waals surface area contributed by atoms with Gasteiger partial charge in [0, 0.05) is 72.9 Å². The molecule has 5 rings (SSSR count). The first kappa shape index (κ1) is 25.7. The second-order valence-electron chi connectivity index (χ2n) is 8.79. The van der Waals surface area contributed by atoms with Gasteiger partial charge >= 0.3 is 6.03 Å². The van der Waals surface area contributed by atoms with Crippen LogP contribution in [0.5, 0.6) is 0 Å². The number of halogens is 1. The zero-order chi connectivity index (χ0) is 25.8. The maximum absolute atomic E-state index is 15.9. The summed E-state index contributed by atoms with van der Waals surface area (Å²) in [6.07, 6.45) is 1.71. The van der Waals surface area contributed by atoms with Crippen molar-refractivity contribution >= 4 is 44.1 Å². The Morgan fingerprint density at radius 2 is 1.92 bits per heavy atom. The fourth-order valence-electron chi connectivity index (χ4n) is 4.44. The van der Waals surface area contributed by atoms with E-state index >= 15 is 4.39 Å². The molecule has 8 nitrogen and oxygen atoms in total. The van der Waals surface area contributed by atoms with E-state index in [-0.39, 0.29) is 18.2 Å². The molecule has 3 N–H and O–H groups in total. The number of β-amino-alcohol motifs (C(OH)–C–C–N with tert-alkyl or cyclic N) is 1. The van der Waals surface area contributed by atoms with Gasteiger partial charge in [0.05, 0.1) is 17.0 Å². The minimum Gasteiger partial charge on any atom is -0.395 e. The van der Waals surface area contributed by atoms with Crippen LogP contribution in [0.3, 0.4) is 0 Å². The summed E-state index contributed by atoms with van der Waals surface area (Å²) in [5.41, 5.74) is 2.21. The standard InChI is InChI=1S/C26H29FN6O2S2/c1-2-28-25(35)31-26-30-23-22(27)19(15-18(24(23)37-26)20-5-3-4-8-29-20)21-7-6-17(36-21)16-33-11-9-32(10-12-33)13-14-34/h3-8,15,34H,2,9-14,16H2,1H3,(H2,28,30,31,35). The molecule has 4 aromatic rings. The summed E-state index contributed by atoms with van der Waals surface area (Å²) >= 11 is 2.82. The molecule has 4 heterocycles. The summed E-state index contributed by atoms with van der Waals surface area (Å²) in [7, 11) is 0. The molecule has 0 bridgehead atoms. The van der Waals surface area contributed by atoms with Crippen LogP contribution in [-0.2, 0) is 6.54 Å². The fraction of sp³-hybridized carbons (Fsp3) is 0.346. The van der Waals surface area contributed by atoms with Crippen molar-refractivity contribution < 1.29 is 14.3 Å². The van der Waals surface area contributed by atoms with Gasteiger partial charge in [-0.3, -0.25) is 20.1 Å². The molecule has 0 atom stereocenters. The molecular formula is C26H29FN6O2S2. The molecule has 11 heteroatoms. The average Bonchev–Trinajstić information content (AvgIpc) is 3.54. The van der Waals surface area contributed by atoms with Crippen molar-refractivity contribution in [3.05, 3.63) is 53.3 Å². The summed E-state index contributed by atoms with van der Waals surface area (Å²) in [6, 6.07) is 11.1. The fourth-order valence-corrected chi connectivity index (χ4v) is 6.48. The van der Waals surface area contributed by atoms with Crippen LogP contribution >= 0.6 is 22.7 Å². The number of carbonyl (C=O) groups is 1. The lowest BCUT2D eigenvalue weighted by molar-refractivity contribution is 0.109. The molecular weight excluding hydrogens is 511 g/mol. The first-order valence-electron chi connectivity index (χ1n) is 12.3. The lowest BCUT2D eigenvalue weighted by Gasteiger charge is -2.34. The highest BCUT2D eigenvalue weighted by Crippen LogP contribution is 2.42. The molecule has 1 fully saturated rings. The number of hydrogen-bond donors (Lipinski definition) is 3. The van der Waals surface area contributed by atoms with E-state index in [1.165, 1.54) is 16.2 Å². The molecule has 0 spiro atoms. The second kappa shape index (κ2) is 11.6. The van der Waals surface area contributed by atoms with Gasteiger partial charge in [0.15, 0.2) is 10.9 Å². The topological polar surface area (TPSA) is 93.6 Å². The summed E-state index contributed by atoms with van der Waals surface area (Å²) in [6.45, 7) is 7.79. The molecule has 194 valence electrons. The molecule has 2 amide bonds. The number of fused-ring (bicyclic) bond motifs is 1. The highest BCUT2D eigenvalue weighted by atomic mass is 32.1. The third-order valence-corrected chi connectivity index (χ3v) is 8.40. The maximum Gasteiger partial charge on any atom is 0.321 e. The van der Waals surface area contributed by atoms with Gasteiger partial charge in [0.25, 0.3) is 0 Å². The summed E-state index contributed by atoms with van der Waals surface area (Å²) in [5.74, 6) is -0.402. The van der Waals surface area contributed by atoms with E-state index < -0.39 is 5.82 Å². The molecule has 1 aliphatic rings. The largest absolute Gasteiger partial charge is 0.395 e. The monoisotopic (exact) mass is 540 g/mol. The van der Waals surface area contributed by atoms with Crippen molar-refractivity contribution in [2.45, 2.75) is 13.5 Å². The van der Waals surface area contributed by atoms with Crippen LogP contribution in [0.2, 0.25) is 0 Å². The van der Waals surface area contributed by atoms with Crippen LogP contribution in [0.4, 0.5) is 14.3 Å². The summed E-state index contributed by atoms with van der Waals surface area (Å²) < 4.78 is 16.5. The van der Waals surface area contributed by atoms with Gasteiger partial charge in [-0.1, -0.05) is 17.4 Å². The number of anilines is 1. The Morgan fingerprint density at radius 3 is 2.65 bits per heavy atom. The van der Waals surface area contributed by atoms with Gasteiger partial charge in [0.1, 0.15) is 5.52 Å². The molecule has 0 radical (unpaired) electrons. The van der Waals surface area contributed by atoms with Crippen LogP contribution in [-0.4, -0.2) is 76.8 Å². The number of nitrogens with zero attached hydrogens (tertiary/aromatic N) is 4. The molecule has 0 unspecified atom stereocenters. The summed E-state index contributed by atoms with van der Waals surface area (Å²) in [4.78, 5) is 27.7. The van der Waals surface area contributed by atoms with Gasteiger partial charge in [-0.2, -0.15) is 0 Å². The van der Waals surface area contributed by atoms with E-state index in [4.69, 9.17) is 5.11 Å². The zero-order valence-electron chi connectivity index (χ0n) is 20.5. The molecule has 0 aliphatic carbocycles. The van der Waals surface area contributed by atoms with Crippen LogP contribution in [0.15, 0.2) is 42.6 Å². The van der Waals surface area contributed by atoms with Crippen molar-refractivity contribution in [2.75, 3.05) is 51.2 Å². The van der Waals surface area contributed by atoms with E-state index in [9.17, 15) is 4.79 Å². The molecule has 37 heavy (non-hydrogen) atoms. The first-order valence-corrected chi connectivity index (χ1v) is 13.9. The van der Waals surface area contributed by atoms with E-state index in [1.54, 1.807) is 17.5 Å². The van der Waals surface area contributed by atoms with Gasteiger partial charge in [-0.15, -0.1) is 11.3 Å². The number of urea groups is 1. The van der Waals surface area contributed by atoms with Crippen molar-refractivity contribution in [1.29, 1.82) is 0 Å². The number of benzene rings is 1. The molecule has 1 aromatic carbocycles. The number of thiophene rings is 1. The summed E-state index contributed by atoms with van der Waals surface area (Å²) in [5, 5.41) is 14.9. The number of carbonyl (C=O) groups excluding carboxylic acids is 1. The zero-order valence-corrected chi connectivity index (χ0v) is 22.2. The number of aromatic nitrogens is 2. The van der Waals surface area contributed by atoms with E-state index in [0.29, 0.717) is 28.5 Å². The quantitative estimate of drug-likeness (QED) is 0.305. The Hall–Kier alpha value is -2.96. The van der Waals surface area contributed by atoms with Crippen molar-refractivity contribution in [2.24, 2.45) is 0 Å². The Labute approximate surface area is 222 Å². The SMILES string of the molecule is CCNC(=O)Nc1nc2c(F)c(-c3ccc(CN4CCN(CCO)CC4)s3)cc(-c3ccccn3)c2s1. The van der Waals surface area contributed by atoms with Gasteiger partial charge in [0.2, 0.25) is 0 Å². The van der Waals surface area contributed by atoms with Crippen LogP contribution in [0.1, 0.15) is 11.8 Å². The molecule has 1 aliphatic heterocycles. The first-order chi connectivity index (χ1) is 18.1. The number of hydrogen-bond acceptors (Lipinski definition) is 8. The van der Waals surface area contributed by atoms with Crippen LogP contribution in [0.25, 0.3) is 31.9 Å². The lowest BCUT2D eigenvalue weighted by Crippen LogP contribution is -2.46. The minimum absolute atomic E-state index is 0.188. The predicted octanol–water partition coefficient (Wildman–Crippen LogP) is 4.48. The highest BCUT2D eigenvalue weighted by molar-refractivity contribution is 7.23. The Balaban J connectivity index is 1.46. The number of thiazole rings is 1. The van der Waals surface area contributed by atoms with E-state index in [0.717, 1.165) is 48.9 Å².